The number of fused-ring (bicyclic) bond motifs is 1. The van der Waals surface area contributed by atoms with Crippen molar-refractivity contribution in [1.29, 1.82) is 0 Å². The SMILES string of the molecule is C/C=C/S(=O)(=O)Nc1cc(Sc2ncn[nH]2)c(O)c2ccccc12. The smallest absolute Gasteiger partial charge is 0.254 e. The highest BCUT2D eigenvalue weighted by atomic mass is 32.2. The Morgan fingerprint density at radius 1 is 1.29 bits per heavy atom. The molecular formula is C15H14N4O3S2. The number of sulfonamides is 1. The van der Waals surface area contributed by atoms with E-state index in [9.17, 15) is 13.5 Å². The normalized spacial score (nSPS) is 12.0. The van der Waals surface area contributed by atoms with Gasteiger partial charge in [-0.3, -0.25) is 9.82 Å². The summed E-state index contributed by atoms with van der Waals surface area (Å²) in [6.45, 7) is 1.62. The highest BCUT2D eigenvalue weighted by Crippen LogP contribution is 2.41. The van der Waals surface area contributed by atoms with E-state index in [1.807, 2.05) is 0 Å². The third-order valence-electron chi connectivity index (χ3n) is 3.15. The van der Waals surface area contributed by atoms with Crippen LogP contribution < -0.4 is 4.72 Å². The summed E-state index contributed by atoms with van der Waals surface area (Å²) in [5.74, 6) is 0.0565. The van der Waals surface area contributed by atoms with E-state index in [4.69, 9.17) is 0 Å². The number of allylic oxidation sites excluding steroid dienone is 1. The molecule has 3 aromatic rings. The molecule has 0 radical (unpaired) electrons. The molecule has 3 rings (SSSR count). The minimum atomic E-state index is -3.63. The van der Waals surface area contributed by atoms with Crippen molar-refractivity contribution in [2.75, 3.05) is 4.72 Å². The van der Waals surface area contributed by atoms with Gasteiger partial charge < -0.3 is 5.11 Å². The van der Waals surface area contributed by atoms with E-state index in [2.05, 4.69) is 19.9 Å². The van der Waals surface area contributed by atoms with Gasteiger partial charge in [0.2, 0.25) is 0 Å². The van der Waals surface area contributed by atoms with Crippen molar-refractivity contribution in [3.63, 3.8) is 0 Å². The largest absolute Gasteiger partial charge is 0.506 e. The second-order valence-corrected chi connectivity index (χ2v) is 7.42. The van der Waals surface area contributed by atoms with Gasteiger partial charge in [-0.25, -0.2) is 13.4 Å². The number of hydrogen-bond donors (Lipinski definition) is 3. The maximum atomic E-state index is 12.1. The average Bonchev–Trinajstić information content (AvgIpc) is 3.04. The monoisotopic (exact) mass is 362 g/mol. The van der Waals surface area contributed by atoms with Crippen molar-refractivity contribution in [1.82, 2.24) is 15.2 Å². The molecule has 0 amide bonds. The molecule has 0 spiro atoms. The Morgan fingerprint density at radius 2 is 2.04 bits per heavy atom. The molecule has 0 bridgehead atoms. The van der Waals surface area contributed by atoms with Gasteiger partial charge in [0.05, 0.1) is 10.6 Å². The lowest BCUT2D eigenvalue weighted by Crippen LogP contribution is -2.09. The number of hydrogen-bond acceptors (Lipinski definition) is 6. The summed E-state index contributed by atoms with van der Waals surface area (Å²) in [4.78, 5) is 4.46. The minimum absolute atomic E-state index is 0.0565. The first-order valence-electron chi connectivity index (χ1n) is 6.93. The van der Waals surface area contributed by atoms with Crippen molar-refractivity contribution in [3.8, 4) is 5.75 Å². The van der Waals surface area contributed by atoms with Crippen LogP contribution in [-0.4, -0.2) is 28.7 Å². The highest BCUT2D eigenvalue weighted by Gasteiger charge is 2.16. The molecule has 0 aliphatic carbocycles. The second-order valence-electron chi connectivity index (χ2n) is 4.83. The van der Waals surface area contributed by atoms with Gasteiger partial charge in [0.25, 0.3) is 10.0 Å². The van der Waals surface area contributed by atoms with Crippen LogP contribution in [0.3, 0.4) is 0 Å². The number of nitrogens with zero attached hydrogens (tertiary/aromatic N) is 2. The van der Waals surface area contributed by atoms with Gasteiger partial charge in [-0.05, 0) is 24.8 Å². The van der Waals surface area contributed by atoms with Gasteiger partial charge in [-0.15, -0.1) is 0 Å². The molecule has 0 aliphatic rings. The molecule has 0 aliphatic heterocycles. The Bertz CT molecular complexity index is 999. The molecule has 0 saturated carbocycles. The lowest BCUT2D eigenvalue weighted by molar-refractivity contribution is 0.469. The zero-order valence-electron chi connectivity index (χ0n) is 12.6. The molecule has 0 fully saturated rings. The highest BCUT2D eigenvalue weighted by molar-refractivity contribution is 7.99. The van der Waals surface area contributed by atoms with Gasteiger partial charge in [0.15, 0.2) is 5.16 Å². The van der Waals surface area contributed by atoms with E-state index in [1.165, 1.54) is 12.4 Å². The number of anilines is 1. The average molecular weight is 362 g/mol. The van der Waals surface area contributed by atoms with Crippen molar-refractivity contribution in [3.05, 3.63) is 48.1 Å². The Balaban J connectivity index is 2.15. The lowest BCUT2D eigenvalue weighted by Gasteiger charge is -2.13. The van der Waals surface area contributed by atoms with E-state index >= 15 is 0 Å². The summed E-state index contributed by atoms with van der Waals surface area (Å²) in [7, 11) is -3.63. The van der Waals surface area contributed by atoms with Crippen LogP contribution in [0.25, 0.3) is 10.8 Å². The Hall–Kier alpha value is -2.52. The summed E-state index contributed by atoms with van der Waals surface area (Å²) in [6, 6.07) is 8.59. The van der Waals surface area contributed by atoms with Crippen LogP contribution in [0, 0.1) is 0 Å². The number of aromatic hydroxyl groups is 1. The Morgan fingerprint density at radius 3 is 2.71 bits per heavy atom. The number of H-pyrrole nitrogens is 1. The van der Waals surface area contributed by atoms with Crippen LogP contribution in [0.4, 0.5) is 5.69 Å². The van der Waals surface area contributed by atoms with Crippen LogP contribution in [0.15, 0.2) is 58.2 Å². The number of benzene rings is 2. The maximum absolute atomic E-state index is 12.1. The summed E-state index contributed by atoms with van der Waals surface area (Å²) in [6.07, 6.45) is 2.80. The summed E-state index contributed by atoms with van der Waals surface area (Å²) < 4.78 is 26.6. The van der Waals surface area contributed by atoms with Crippen LogP contribution in [0.2, 0.25) is 0 Å². The molecule has 0 atom stereocenters. The minimum Gasteiger partial charge on any atom is -0.506 e. The third-order valence-corrected chi connectivity index (χ3v) is 5.20. The topological polar surface area (TPSA) is 108 Å². The molecule has 1 aromatic heterocycles. The lowest BCUT2D eigenvalue weighted by atomic mass is 10.1. The van der Waals surface area contributed by atoms with Gasteiger partial charge in [-0.2, -0.15) is 5.10 Å². The number of rotatable bonds is 5. The van der Waals surface area contributed by atoms with Crippen molar-refractivity contribution in [2.24, 2.45) is 0 Å². The maximum Gasteiger partial charge on any atom is 0.254 e. The molecule has 24 heavy (non-hydrogen) atoms. The standard InChI is InChI=1S/C15H14N4O3S2/c1-2-7-24(21,22)19-12-8-13(23-15-16-9-17-18-15)14(20)11-6-4-3-5-10(11)12/h2-9,19-20H,1H3,(H,16,17,18)/b7-2+. The first-order chi connectivity index (χ1) is 11.5. The molecule has 0 unspecified atom stereocenters. The Kier molecular flexibility index (Phi) is 4.45. The first-order valence-corrected chi connectivity index (χ1v) is 9.30. The number of phenols is 1. The van der Waals surface area contributed by atoms with E-state index in [0.29, 0.717) is 26.5 Å². The predicted molar refractivity (Wildman–Crippen MR) is 93.5 cm³/mol. The first kappa shape index (κ1) is 16.3. The predicted octanol–water partition coefficient (Wildman–Crippen LogP) is 3.09. The van der Waals surface area contributed by atoms with Gasteiger partial charge in [-0.1, -0.05) is 30.3 Å². The zero-order chi connectivity index (χ0) is 17.2. The zero-order valence-corrected chi connectivity index (χ0v) is 14.2. The van der Waals surface area contributed by atoms with Crippen LogP contribution in [0.5, 0.6) is 5.75 Å². The molecule has 0 saturated heterocycles. The van der Waals surface area contributed by atoms with Gasteiger partial charge in [0, 0.05) is 16.2 Å². The number of aromatic amines is 1. The summed E-state index contributed by atoms with van der Waals surface area (Å²) in [5, 5.41) is 19.7. The summed E-state index contributed by atoms with van der Waals surface area (Å²) in [5.41, 5.74) is 0.378. The number of aromatic nitrogens is 3. The van der Waals surface area contributed by atoms with E-state index in [1.54, 1.807) is 37.3 Å². The van der Waals surface area contributed by atoms with Crippen LogP contribution in [0.1, 0.15) is 6.92 Å². The van der Waals surface area contributed by atoms with Crippen molar-refractivity contribution in [2.45, 2.75) is 17.0 Å². The van der Waals surface area contributed by atoms with Crippen LogP contribution in [-0.2, 0) is 10.0 Å². The molecule has 9 heteroatoms. The number of phenolic OH excluding ortho intramolecular Hbond substituents is 1. The van der Waals surface area contributed by atoms with E-state index in [0.717, 1.165) is 17.2 Å². The fourth-order valence-corrected chi connectivity index (χ4v) is 3.90. The number of nitrogens with one attached hydrogen (secondary N) is 2. The Labute approximate surface area is 142 Å². The molecule has 124 valence electrons. The van der Waals surface area contributed by atoms with Gasteiger partial charge >= 0.3 is 0 Å². The third kappa shape index (κ3) is 3.36. The molecule has 7 nitrogen and oxygen atoms in total. The van der Waals surface area contributed by atoms with Crippen molar-refractivity contribution >= 4 is 38.2 Å². The van der Waals surface area contributed by atoms with E-state index < -0.39 is 10.0 Å². The fourth-order valence-electron chi connectivity index (χ4n) is 2.21. The van der Waals surface area contributed by atoms with E-state index in [-0.39, 0.29) is 5.75 Å². The molecule has 3 N–H and O–H groups in total. The second kappa shape index (κ2) is 6.54. The summed E-state index contributed by atoms with van der Waals surface area (Å²) >= 11 is 1.16. The molecule has 2 aromatic carbocycles. The fraction of sp³-hybridized carbons (Fsp3) is 0.0667. The quantitative estimate of drug-likeness (QED) is 0.602. The van der Waals surface area contributed by atoms with Crippen LogP contribution >= 0.6 is 11.8 Å². The molecule has 1 heterocycles. The molecular weight excluding hydrogens is 348 g/mol. The van der Waals surface area contributed by atoms with Crippen molar-refractivity contribution < 1.29 is 13.5 Å². The van der Waals surface area contributed by atoms with Gasteiger partial charge in [0.1, 0.15) is 12.1 Å².